The minimum atomic E-state index is -0.606. The molecule has 20 heavy (non-hydrogen) atoms. The molecule has 0 saturated carbocycles. The third-order valence-corrected chi connectivity index (χ3v) is 3.47. The number of rotatable bonds is 2. The third kappa shape index (κ3) is 3.97. The van der Waals surface area contributed by atoms with Gasteiger partial charge in [-0.05, 0) is 12.1 Å². The van der Waals surface area contributed by atoms with Crippen molar-refractivity contribution < 1.29 is 15.1 Å². The molecular weight excluding hydrogens is 373 g/mol. The maximum Gasteiger partial charge on any atom is 0.324 e. The summed E-state index contributed by atoms with van der Waals surface area (Å²) in [6.07, 6.45) is -0.329. The molecule has 0 spiro atoms. The van der Waals surface area contributed by atoms with Crippen LogP contribution in [0.3, 0.4) is 0 Å². The summed E-state index contributed by atoms with van der Waals surface area (Å²) in [5.41, 5.74) is 7.40. The first-order chi connectivity index (χ1) is 8.52. The predicted octanol–water partition coefficient (Wildman–Crippen LogP) is 2.08. The molecule has 1 aliphatic heterocycles. The van der Waals surface area contributed by atoms with Gasteiger partial charge in [-0.3, -0.25) is 10.5 Å². The van der Waals surface area contributed by atoms with Crippen molar-refractivity contribution in [3.8, 4) is 0 Å². The molecular formula is C11H16BrCl2N3O3. The van der Waals surface area contributed by atoms with Crippen LogP contribution in [0.15, 0.2) is 12.1 Å². The first-order valence-electron chi connectivity index (χ1n) is 5.49. The number of carbonyl (C=O) groups excluding carboxylic acids is 1. The van der Waals surface area contributed by atoms with Crippen LogP contribution in [-0.4, -0.2) is 22.8 Å². The lowest BCUT2D eigenvalue weighted by Gasteiger charge is -2.34. The lowest BCUT2D eigenvalue weighted by atomic mass is 10.1. The van der Waals surface area contributed by atoms with Gasteiger partial charge in [0.1, 0.15) is 0 Å². The average Bonchev–Trinajstić information content (AvgIpc) is 2.36. The lowest BCUT2D eigenvalue weighted by molar-refractivity contribution is -0.203. The summed E-state index contributed by atoms with van der Waals surface area (Å²) in [5, 5.41) is 5.22. The molecule has 1 aromatic rings. The van der Waals surface area contributed by atoms with Crippen LogP contribution in [0.25, 0.3) is 0 Å². The second kappa shape index (κ2) is 8.02. The number of benzene rings is 1. The van der Waals surface area contributed by atoms with Crippen molar-refractivity contribution in [3.05, 3.63) is 27.7 Å². The van der Waals surface area contributed by atoms with Crippen molar-refractivity contribution in [2.24, 2.45) is 5.73 Å². The van der Waals surface area contributed by atoms with E-state index < -0.39 is 6.29 Å². The molecule has 9 heteroatoms. The molecule has 1 atom stereocenters. The first kappa shape index (κ1) is 19.4. The van der Waals surface area contributed by atoms with Gasteiger partial charge in [0.05, 0.1) is 16.6 Å². The highest BCUT2D eigenvalue weighted by Gasteiger charge is 2.27. The number of anilines is 1. The van der Waals surface area contributed by atoms with Crippen LogP contribution in [0, 0.1) is 0 Å². The maximum absolute atomic E-state index is 11.3. The van der Waals surface area contributed by atoms with Crippen LogP contribution < -0.4 is 11.1 Å². The molecule has 1 aromatic carbocycles. The van der Waals surface area contributed by atoms with Crippen molar-refractivity contribution in [1.29, 1.82) is 0 Å². The van der Waals surface area contributed by atoms with Crippen molar-refractivity contribution in [2.75, 3.05) is 5.32 Å². The van der Waals surface area contributed by atoms with Crippen LogP contribution in [0.1, 0.15) is 18.9 Å². The predicted molar refractivity (Wildman–Crippen MR) is 83.9 cm³/mol. The van der Waals surface area contributed by atoms with Crippen molar-refractivity contribution in [1.82, 2.24) is 5.06 Å². The van der Waals surface area contributed by atoms with Crippen LogP contribution in [-0.2, 0) is 16.2 Å². The molecule has 1 unspecified atom stereocenters. The largest absolute Gasteiger partial charge is 0.412 e. The molecule has 0 radical (unpaired) electrons. The van der Waals surface area contributed by atoms with E-state index in [9.17, 15) is 4.79 Å². The summed E-state index contributed by atoms with van der Waals surface area (Å²) in [6.45, 7) is 2.01. The fourth-order valence-corrected chi connectivity index (χ4v) is 2.05. The van der Waals surface area contributed by atoms with E-state index in [4.69, 9.17) is 33.8 Å². The second-order valence-electron chi connectivity index (χ2n) is 3.87. The minimum absolute atomic E-state index is 0. The molecule has 114 valence electrons. The topological polar surface area (TPSA) is 99.1 Å². The Balaban J connectivity index is 0.00000180. The van der Waals surface area contributed by atoms with E-state index in [1.807, 2.05) is 0 Å². The number of nitrogens with zero attached hydrogens (tertiary/aromatic N) is 1. The van der Waals surface area contributed by atoms with Gasteiger partial charge >= 0.3 is 5.97 Å². The van der Waals surface area contributed by atoms with E-state index in [0.29, 0.717) is 16.6 Å². The van der Waals surface area contributed by atoms with Gasteiger partial charge in [-0.2, -0.15) is 0 Å². The standard InChI is InChI=1S/C11H13Cl2N3O2.BrH.H2O/c1-2-9(17)18-16-5-6-8(15-11(16)14)4-3-7(12)10(6)13;;/h3-4,11,15H,2,5,14H2,1H3;1H;1H2. The number of nitrogens with one attached hydrogen (secondary N) is 1. The van der Waals surface area contributed by atoms with Crippen molar-refractivity contribution in [2.45, 2.75) is 26.2 Å². The number of nitrogens with two attached hydrogens (primary N) is 1. The summed E-state index contributed by atoms with van der Waals surface area (Å²) in [6, 6.07) is 3.48. The van der Waals surface area contributed by atoms with Crippen LogP contribution in [0.2, 0.25) is 10.0 Å². The second-order valence-corrected chi connectivity index (χ2v) is 4.65. The van der Waals surface area contributed by atoms with Gasteiger partial charge < -0.3 is 15.6 Å². The number of fused-ring (bicyclic) bond motifs is 1. The van der Waals surface area contributed by atoms with E-state index >= 15 is 0 Å². The quantitative estimate of drug-likeness (QED) is 0.807. The SMILES string of the molecule is Br.CCC(=O)ON1Cc2c(ccc(Cl)c2Cl)NC1N.O. The Labute approximate surface area is 137 Å². The minimum Gasteiger partial charge on any atom is -0.412 e. The van der Waals surface area contributed by atoms with E-state index in [1.165, 1.54) is 5.06 Å². The van der Waals surface area contributed by atoms with Gasteiger partial charge in [0.15, 0.2) is 6.29 Å². The molecule has 0 amide bonds. The Kier molecular flexibility index (Phi) is 7.79. The molecule has 0 aromatic heterocycles. The summed E-state index contributed by atoms with van der Waals surface area (Å²) in [4.78, 5) is 16.4. The molecule has 0 aliphatic carbocycles. The summed E-state index contributed by atoms with van der Waals surface area (Å²) in [5.74, 6) is -0.353. The Morgan fingerprint density at radius 2 is 2.20 bits per heavy atom. The lowest BCUT2D eigenvalue weighted by Crippen LogP contribution is -2.50. The highest BCUT2D eigenvalue weighted by Crippen LogP contribution is 2.35. The third-order valence-electron chi connectivity index (χ3n) is 2.63. The van der Waals surface area contributed by atoms with Crippen molar-refractivity contribution >= 4 is 51.8 Å². The molecule has 2 rings (SSSR count). The Hall–Kier alpha value is -0.570. The smallest absolute Gasteiger partial charge is 0.324 e. The van der Waals surface area contributed by atoms with Gasteiger partial charge in [0.2, 0.25) is 0 Å². The molecule has 5 N–H and O–H groups in total. The Morgan fingerprint density at radius 1 is 1.55 bits per heavy atom. The Morgan fingerprint density at radius 3 is 2.80 bits per heavy atom. The van der Waals surface area contributed by atoms with Crippen LogP contribution >= 0.6 is 40.2 Å². The number of carbonyl (C=O) groups is 1. The summed E-state index contributed by atoms with van der Waals surface area (Å²) < 4.78 is 0. The zero-order valence-corrected chi connectivity index (χ0v) is 13.9. The van der Waals surface area contributed by atoms with Gasteiger partial charge in [-0.15, -0.1) is 17.0 Å². The monoisotopic (exact) mass is 387 g/mol. The highest BCUT2D eigenvalue weighted by atomic mass is 79.9. The molecule has 6 nitrogen and oxygen atoms in total. The zero-order chi connectivity index (χ0) is 13.3. The molecule has 0 bridgehead atoms. The molecule has 0 fully saturated rings. The normalized spacial score (nSPS) is 17.1. The zero-order valence-electron chi connectivity index (χ0n) is 10.7. The average molecular weight is 389 g/mol. The van der Waals surface area contributed by atoms with Gasteiger partial charge in [0.25, 0.3) is 0 Å². The fraction of sp³-hybridized carbons (Fsp3) is 0.364. The number of hydrogen-bond acceptors (Lipinski definition) is 5. The summed E-state index contributed by atoms with van der Waals surface area (Å²) in [7, 11) is 0. The molecule has 1 heterocycles. The maximum atomic E-state index is 11.3. The van der Waals surface area contributed by atoms with Crippen molar-refractivity contribution in [3.63, 3.8) is 0 Å². The fourth-order valence-electron chi connectivity index (χ4n) is 1.65. The first-order valence-corrected chi connectivity index (χ1v) is 6.25. The van der Waals surface area contributed by atoms with Crippen LogP contribution in [0.5, 0.6) is 0 Å². The summed E-state index contributed by atoms with van der Waals surface area (Å²) >= 11 is 12.1. The van der Waals surface area contributed by atoms with Gasteiger partial charge in [0, 0.05) is 17.7 Å². The van der Waals surface area contributed by atoms with Gasteiger partial charge in [-0.25, -0.2) is 0 Å². The molecule has 0 saturated heterocycles. The van der Waals surface area contributed by atoms with Gasteiger partial charge in [-0.1, -0.05) is 35.2 Å². The number of hydroxylamine groups is 2. The van der Waals surface area contributed by atoms with E-state index in [-0.39, 0.29) is 34.8 Å². The van der Waals surface area contributed by atoms with E-state index in [2.05, 4.69) is 5.32 Å². The number of halogens is 3. The van der Waals surface area contributed by atoms with E-state index in [0.717, 1.165) is 11.3 Å². The number of hydrogen-bond donors (Lipinski definition) is 2. The van der Waals surface area contributed by atoms with E-state index in [1.54, 1.807) is 19.1 Å². The molecule has 1 aliphatic rings. The Bertz CT molecular complexity index is 490. The highest BCUT2D eigenvalue weighted by molar-refractivity contribution is 8.93. The van der Waals surface area contributed by atoms with Crippen LogP contribution in [0.4, 0.5) is 5.69 Å².